The Morgan fingerprint density at radius 2 is 1.43 bits per heavy atom. The third-order valence-corrected chi connectivity index (χ3v) is 5.10. The zero-order chi connectivity index (χ0) is 28.3. The second-order valence-corrected chi connectivity index (χ2v) is 8.27. The van der Waals surface area contributed by atoms with Crippen molar-refractivity contribution in [1.82, 2.24) is 16.0 Å². The van der Waals surface area contributed by atoms with Gasteiger partial charge in [-0.25, -0.2) is 4.79 Å². The Labute approximate surface area is 211 Å². The molecule has 0 spiro atoms. The van der Waals surface area contributed by atoms with E-state index in [2.05, 4.69) is 16.0 Å². The molecule has 204 valence electrons. The van der Waals surface area contributed by atoms with Crippen LogP contribution in [0, 0.1) is 0 Å². The Morgan fingerprint density at radius 3 is 1.92 bits per heavy atom. The first-order chi connectivity index (χ1) is 17.2. The van der Waals surface area contributed by atoms with E-state index in [-0.39, 0.29) is 25.0 Å². The second-order valence-electron chi connectivity index (χ2n) is 8.27. The summed E-state index contributed by atoms with van der Waals surface area (Å²) in [6, 6.07) is -0.569. The van der Waals surface area contributed by atoms with Crippen LogP contribution >= 0.6 is 0 Å². The standard InChI is InChI=1S/C22H31N5O10/c1-10(28)18(22(36)37)27-21(35)15(8-11-2-4-12(29)5-3-11)26-20(34)14(6-7-16(24)30)25-19(33)13(23)9-17(31)32/h2-5,10,13-15,18,28-29H,6-9,23H2,1H3,(H2,24,30)(H,25,33)(H,26,34)(H,27,35)(H,31,32)(H,36,37). The number of carbonyl (C=O) groups excluding carboxylic acids is 4. The minimum absolute atomic E-state index is 0.0687. The van der Waals surface area contributed by atoms with Crippen molar-refractivity contribution in [3.05, 3.63) is 29.8 Å². The lowest BCUT2D eigenvalue weighted by molar-refractivity contribution is -0.145. The Kier molecular flexibility index (Phi) is 11.9. The topological polar surface area (TPSA) is 271 Å². The van der Waals surface area contributed by atoms with Gasteiger partial charge in [0.25, 0.3) is 0 Å². The molecule has 15 nitrogen and oxygen atoms in total. The summed E-state index contributed by atoms with van der Waals surface area (Å²) < 4.78 is 0. The number of carbonyl (C=O) groups is 6. The maximum atomic E-state index is 13.0. The molecule has 4 amide bonds. The van der Waals surface area contributed by atoms with Crippen LogP contribution < -0.4 is 27.4 Å². The molecule has 0 saturated carbocycles. The quantitative estimate of drug-likeness (QED) is 0.111. The second kappa shape index (κ2) is 14.4. The molecule has 0 saturated heterocycles. The summed E-state index contributed by atoms with van der Waals surface area (Å²) in [6.07, 6.45) is -3.09. The molecule has 0 aliphatic rings. The molecule has 5 atom stereocenters. The van der Waals surface area contributed by atoms with Gasteiger partial charge >= 0.3 is 11.9 Å². The molecular weight excluding hydrogens is 494 g/mol. The van der Waals surface area contributed by atoms with E-state index in [0.29, 0.717) is 5.56 Å². The molecule has 1 rings (SSSR count). The van der Waals surface area contributed by atoms with Gasteiger partial charge in [-0.05, 0) is 31.0 Å². The van der Waals surface area contributed by atoms with Crippen molar-refractivity contribution >= 4 is 35.6 Å². The van der Waals surface area contributed by atoms with Gasteiger partial charge < -0.3 is 47.8 Å². The number of carboxylic acid groups (broad SMARTS) is 2. The van der Waals surface area contributed by atoms with Gasteiger partial charge in [-0.1, -0.05) is 12.1 Å². The number of phenolic OH excluding ortho intramolecular Hbond substituents is 1. The molecule has 0 heterocycles. The number of nitrogens with two attached hydrogens (primary N) is 2. The van der Waals surface area contributed by atoms with Gasteiger partial charge in [0.15, 0.2) is 6.04 Å². The van der Waals surface area contributed by atoms with Crippen molar-refractivity contribution in [2.24, 2.45) is 11.5 Å². The van der Waals surface area contributed by atoms with Crippen LogP contribution in [-0.2, 0) is 35.2 Å². The molecule has 0 fully saturated rings. The van der Waals surface area contributed by atoms with Gasteiger partial charge in [-0.15, -0.1) is 0 Å². The monoisotopic (exact) mass is 525 g/mol. The van der Waals surface area contributed by atoms with Crippen molar-refractivity contribution in [3.63, 3.8) is 0 Å². The van der Waals surface area contributed by atoms with Crippen LogP contribution in [0.25, 0.3) is 0 Å². The summed E-state index contributed by atoms with van der Waals surface area (Å²) in [4.78, 5) is 71.7. The smallest absolute Gasteiger partial charge is 0.328 e. The first-order valence-corrected chi connectivity index (χ1v) is 11.1. The summed E-state index contributed by atoms with van der Waals surface area (Å²) in [5, 5.41) is 44.0. The molecule has 0 radical (unpaired) electrons. The van der Waals surface area contributed by atoms with E-state index in [1.165, 1.54) is 24.3 Å². The van der Waals surface area contributed by atoms with E-state index >= 15 is 0 Å². The van der Waals surface area contributed by atoms with E-state index in [4.69, 9.17) is 16.6 Å². The lowest BCUT2D eigenvalue weighted by atomic mass is 10.0. The van der Waals surface area contributed by atoms with Gasteiger partial charge in [-0.2, -0.15) is 0 Å². The van der Waals surface area contributed by atoms with Gasteiger partial charge in [0.05, 0.1) is 18.6 Å². The number of hydrogen-bond donors (Lipinski definition) is 9. The number of aliphatic hydroxyl groups excluding tert-OH is 1. The number of amides is 4. The fourth-order valence-electron chi connectivity index (χ4n) is 3.11. The molecule has 0 aliphatic carbocycles. The van der Waals surface area contributed by atoms with Crippen LogP contribution in [0.3, 0.4) is 0 Å². The van der Waals surface area contributed by atoms with Crippen molar-refractivity contribution in [2.75, 3.05) is 0 Å². The molecule has 15 heteroatoms. The van der Waals surface area contributed by atoms with E-state index in [1.54, 1.807) is 0 Å². The molecule has 37 heavy (non-hydrogen) atoms. The number of carboxylic acids is 2. The Balaban J connectivity index is 3.18. The predicted octanol–water partition coefficient (Wildman–Crippen LogP) is -3.08. The number of aliphatic hydroxyl groups is 1. The summed E-state index contributed by atoms with van der Waals surface area (Å²) in [7, 11) is 0. The highest BCUT2D eigenvalue weighted by molar-refractivity contribution is 5.95. The van der Waals surface area contributed by atoms with Crippen LogP contribution in [0.4, 0.5) is 0 Å². The van der Waals surface area contributed by atoms with Crippen LogP contribution in [0.1, 0.15) is 31.7 Å². The summed E-state index contributed by atoms with van der Waals surface area (Å²) in [5.74, 6) is -6.74. The number of rotatable bonds is 15. The van der Waals surface area contributed by atoms with Crippen molar-refractivity contribution in [2.45, 2.75) is 62.9 Å². The van der Waals surface area contributed by atoms with Crippen molar-refractivity contribution < 1.29 is 49.2 Å². The van der Waals surface area contributed by atoms with Gasteiger partial charge in [0, 0.05) is 12.8 Å². The highest BCUT2D eigenvalue weighted by Gasteiger charge is 2.32. The first-order valence-electron chi connectivity index (χ1n) is 11.1. The van der Waals surface area contributed by atoms with E-state index in [0.717, 1.165) is 6.92 Å². The number of primary amides is 1. The van der Waals surface area contributed by atoms with Crippen molar-refractivity contribution in [1.29, 1.82) is 0 Å². The summed E-state index contributed by atoms with van der Waals surface area (Å²) >= 11 is 0. The number of aliphatic carboxylic acids is 2. The van der Waals surface area contributed by atoms with Crippen LogP contribution in [0.2, 0.25) is 0 Å². The molecular formula is C22H31N5O10. The summed E-state index contributed by atoms with van der Waals surface area (Å²) in [5.41, 5.74) is 11.1. The number of nitrogens with one attached hydrogen (secondary N) is 3. The molecule has 5 unspecified atom stereocenters. The molecule has 11 N–H and O–H groups in total. The SMILES string of the molecule is CC(O)C(NC(=O)C(Cc1ccc(O)cc1)NC(=O)C(CCC(N)=O)NC(=O)C(N)CC(=O)O)C(=O)O. The zero-order valence-corrected chi connectivity index (χ0v) is 19.9. The van der Waals surface area contributed by atoms with Crippen LogP contribution in [0.15, 0.2) is 24.3 Å². The highest BCUT2D eigenvalue weighted by atomic mass is 16.4. The van der Waals surface area contributed by atoms with Crippen LogP contribution in [0.5, 0.6) is 5.75 Å². The maximum Gasteiger partial charge on any atom is 0.328 e. The van der Waals surface area contributed by atoms with Gasteiger partial charge in [0.2, 0.25) is 23.6 Å². The molecule has 0 bridgehead atoms. The number of aromatic hydroxyl groups is 1. The van der Waals surface area contributed by atoms with Crippen molar-refractivity contribution in [3.8, 4) is 5.75 Å². The molecule has 1 aromatic carbocycles. The fourth-order valence-corrected chi connectivity index (χ4v) is 3.11. The van der Waals surface area contributed by atoms with E-state index in [9.17, 15) is 44.1 Å². The highest BCUT2D eigenvalue weighted by Crippen LogP contribution is 2.12. The lowest BCUT2D eigenvalue weighted by Crippen LogP contribution is -2.59. The average molecular weight is 526 g/mol. The average Bonchev–Trinajstić information content (AvgIpc) is 2.79. The fraction of sp³-hybridized carbons (Fsp3) is 0.455. The largest absolute Gasteiger partial charge is 0.508 e. The normalized spacial score (nSPS) is 14.8. The minimum atomic E-state index is -1.70. The van der Waals surface area contributed by atoms with E-state index < -0.39 is 72.3 Å². The Morgan fingerprint density at radius 1 is 0.892 bits per heavy atom. The summed E-state index contributed by atoms with van der Waals surface area (Å²) in [6.45, 7) is 1.14. The predicted molar refractivity (Wildman–Crippen MR) is 126 cm³/mol. The number of hydrogen-bond acceptors (Lipinski definition) is 9. The van der Waals surface area contributed by atoms with E-state index in [1.807, 2.05) is 0 Å². The van der Waals surface area contributed by atoms with Gasteiger partial charge in [-0.3, -0.25) is 24.0 Å². The Hall–Kier alpha value is -4.24. The first kappa shape index (κ1) is 30.8. The third kappa shape index (κ3) is 10.9. The number of benzene rings is 1. The minimum Gasteiger partial charge on any atom is -0.508 e. The van der Waals surface area contributed by atoms with Crippen LogP contribution in [-0.4, -0.2) is 86.3 Å². The third-order valence-electron chi connectivity index (χ3n) is 5.10. The molecule has 1 aromatic rings. The maximum absolute atomic E-state index is 13.0. The Bertz CT molecular complexity index is 998. The molecule has 0 aromatic heterocycles. The lowest BCUT2D eigenvalue weighted by Gasteiger charge is -2.25. The zero-order valence-electron chi connectivity index (χ0n) is 19.9. The molecule has 0 aliphatic heterocycles. The van der Waals surface area contributed by atoms with Gasteiger partial charge in [0.1, 0.15) is 17.8 Å². The number of phenols is 1.